The van der Waals surface area contributed by atoms with Crippen molar-refractivity contribution in [2.75, 3.05) is 6.54 Å². The highest BCUT2D eigenvalue weighted by molar-refractivity contribution is 5.88. The number of aromatic nitrogens is 1. The van der Waals surface area contributed by atoms with Gasteiger partial charge < -0.3 is 15.0 Å². The fraction of sp³-hybridized carbons (Fsp3) is 0.375. The molecule has 158 valence electrons. The van der Waals surface area contributed by atoms with E-state index < -0.39 is 12.0 Å². The molecule has 1 aromatic heterocycles. The second kappa shape index (κ2) is 8.56. The third-order valence-corrected chi connectivity index (χ3v) is 6.13. The van der Waals surface area contributed by atoms with E-state index in [0.29, 0.717) is 31.4 Å². The number of hydrogen-bond acceptors (Lipinski definition) is 2. The molecule has 0 saturated carbocycles. The van der Waals surface area contributed by atoms with Crippen molar-refractivity contribution in [2.24, 2.45) is 0 Å². The molecule has 2 N–H and O–H groups in total. The smallest absolute Gasteiger partial charge is 0.326 e. The monoisotopic (exact) mass is 412 g/mol. The maximum Gasteiger partial charge on any atom is 0.326 e. The van der Waals surface area contributed by atoms with E-state index in [0.717, 1.165) is 35.0 Å². The van der Waals surface area contributed by atoms with Crippen LogP contribution in [0.2, 0.25) is 0 Å². The summed E-state index contributed by atoms with van der Waals surface area (Å²) in [6.07, 6.45) is 3.36. The highest BCUT2D eigenvalue weighted by Crippen LogP contribution is 2.36. The number of rotatable bonds is 7. The van der Waals surface area contributed by atoms with Gasteiger partial charge in [-0.3, -0.25) is 0 Å². The van der Waals surface area contributed by atoms with E-state index in [1.807, 2.05) is 17.6 Å². The zero-order chi connectivity index (χ0) is 21.3. The SMILES string of the molecule is CCC(C(=O)O)n1c2c(c3cc(F)ccc31)C[C@@H](NCCc1ccccc1F)CC2. The Morgan fingerprint density at radius 3 is 2.80 bits per heavy atom. The molecule has 2 aromatic carbocycles. The van der Waals surface area contributed by atoms with Crippen molar-refractivity contribution in [3.05, 3.63) is 70.9 Å². The summed E-state index contributed by atoms with van der Waals surface area (Å²) in [4.78, 5) is 11.9. The average molecular weight is 412 g/mol. The minimum absolute atomic E-state index is 0.191. The lowest BCUT2D eigenvalue weighted by atomic mass is 9.91. The van der Waals surface area contributed by atoms with Crippen LogP contribution in [0.25, 0.3) is 10.9 Å². The fourth-order valence-electron chi connectivity index (χ4n) is 4.67. The highest BCUT2D eigenvalue weighted by atomic mass is 19.1. The Kier molecular flexibility index (Phi) is 5.86. The Balaban J connectivity index is 1.58. The van der Waals surface area contributed by atoms with Crippen LogP contribution in [0.4, 0.5) is 8.78 Å². The number of aliphatic carboxylic acids is 1. The number of carbonyl (C=O) groups is 1. The number of nitrogens with zero attached hydrogens (tertiary/aromatic N) is 1. The van der Waals surface area contributed by atoms with Gasteiger partial charge in [-0.2, -0.15) is 0 Å². The highest BCUT2D eigenvalue weighted by Gasteiger charge is 2.30. The van der Waals surface area contributed by atoms with Crippen LogP contribution >= 0.6 is 0 Å². The Morgan fingerprint density at radius 2 is 2.07 bits per heavy atom. The van der Waals surface area contributed by atoms with E-state index in [-0.39, 0.29) is 17.7 Å². The predicted molar refractivity (Wildman–Crippen MR) is 113 cm³/mol. The van der Waals surface area contributed by atoms with Crippen molar-refractivity contribution in [1.82, 2.24) is 9.88 Å². The van der Waals surface area contributed by atoms with Gasteiger partial charge in [0.2, 0.25) is 0 Å². The molecule has 4 rings (SSSR count). The molecule has 0 radical (unpaired) electrons. The zero-order valence-electron chi connectivity index (χ0n) is 17.0. The number of carboxylic acids is 1. The maximum atomic E-state index is 14.0. The van der Waals surface area contributed by atoms with Crippen molar-refractivity contribution >= 4 is 16.9 Å². The molecule has 1 heterocycles. The van der Waals surface area contributed by atoms with E-state index in [1.54, 1.807) is 18.2 Å². The van der Waals surface area contributed by atoms with Gasteiger partial charge in [-0.1, -0.05) is 25.1 Å². The van der Waals surface area contributed by atoms with Crippen LogP contribution in [0.15, 0.2) is 42.5 Å². The molecule has 0 amide bonds. The molecule has 0 bridgehead atoms. The number of fused-ring (bicyclic) bond motifs is 3. The molecule has 0 fully saturated rings. The van der Waals surface area contributed by atoms with Crippen LogP contribution in [0.3, 0.4) is 0 Å². The lowest BCUT2D eigenvalue weighted by Gasteiger charge is -2.26. The number of carboxylic acid groups (broad SMARTS) is 1. The first kappa shape index (κ1) is 20.5. The second-order valence-corrected chi connectivity index (χ2v) is 7.95. The van der Waals surface area contributed by atoms with Crippen molar-refractivity contribution in [1.29, 1.82) is 0 Å². The van der Waals surface area contributed by atoms with Gasteiger partial charge in [-0.05, 0) is 74.0 Å². The third-order valence-electron chi connectivity index (χ3n) is 6.13. The zero-order valence-corrected chi connectivity index (χ0v) is 17.0. The van der Waals surface area contributed by atoms with Gasteiger partial charge in [0, 0.05) is 22.6 Å². The predicted octanol–water partition coefficient (Wildman–Crippen LogP) is 4.64. The van der Waals surface area contributed by atoms with Crippen LogP contribution in [-0.2, 0) is 24.1 Å². The van der Waals surface area contributed by atoms with Crippen molar-refractivity contribution < 1.29 is 18.7 Å². The van der Waals surface area contributed by atoms with Crippen LogP contribution in [-0.4, -0.2) is 28.2 Å². The first-order valence-electron chi connectivity index (χ1n) is 10.5. The lowest BCUT2D eigenvalue weighted by molar-refractivity contribution is -0.140. The third kappa shape index (κ3) is 3.84. The Hall–Kier alpha value is -2.73. The van der Waals surface area contributed by atoms with Gasteiger partial charge in [-0.25, -0.2) is 13.6 Å². The molecular formula is C24H26F2N2O2. The molecule has 1 aliphatic carbocycles. The summed E-state index contributed by atoms with van der Waals surface area (Å²) in [5, 5.41) is 14.0. The number of nitrogens with one attached hydrogen (secondary N) is 1. The van der Waals surface area contributed by atoms with Crippen molar-refractivity contribution in [3.8, 4) is 0 Å². The van der Waals surface area contributed by atoms with Crippen LogP contribution in [0, 0.1) is 11.6 Å². The van der Waals surface area contributed by atoms with Crippen LogP contribution in [0.1, 0.15) is 42.6 Å². The molecule has 0 spiro atoms. The Morgan fingerprint density at radius 1 is 1.27 bits per heavy atom. The van der Waals surface area contributed by atoms with E-state index in [4.69, 9.17) is 0 Å². The minimum Gasteiger partial charge on any atom is -0.480 e. The van der Waals surface area contributed by atoms with Crippen LogP contribution in [0.5, 0.6) is 0 Å². The van der Waals surface area contributed by atoms with Gasteiger partial charge in [0.25, 0.3) is 0 Å². The quantitative estimate of drug-likeness (QED) is 0.594. The summed E-state index contributed by atoms with van der Waals surface area (Å²) in [6, 6.07) is 10.9. The van der Waals surface area contributed by atoms with Crippen molar-refractivity contribution in [2.45, 2.75) is 51.1 Å². The number of hydrogen-bond donors (Lipinski definition) is 2. The van der Waals surface area contributed by atoms with E-state index in [2.05, 4.69) is 5.32 Å². The van der Waals surface area contributed by atoms with Crippen molar-refractivity contribution in [3.63, 3.8) is 0 Å². The lowest BCUT2D eigenvalue weighted by Crippen LogP contribution is -2.36. The molecule has 30 heavy (non-hydrogen) atoms. The molecule has 4 nitrogen and oxygen atoms in total. The van der Waals surface area contributed by atoms with Gasteiger partial charge in [0.1, 0.15) is 17.7 Å². The Labute approximate surface area is 174 Å². The second-order valence-electron chi connectivity index (χ2n) is 7.95. The summed E-state index contributed by atoms with van der Waals surface area (Å²) < 4.78 is 29.7. The largest absolute Gasteiger partial charge is 0.480 e. The summed E-state index contributed by atoms with van der Waals surface area (Å²) in [6.45, 7) is 2.51. The maximum absolute atomic E-state index is 14.0. The summed E-state index contributed by atoms with van der Waals surface area (Å²) in [5.74, 6) is -1.38. The minimum atomic E-state index is -0.869. The molecule has 0 aliphatic heterocycles. The van der Waals surface area contributed by atoms with Gasteiger partial charge in [0.05, 0.1) is 0 Å². The topological polar surface area (TPSA) is 54.3 Å². The first-order valence-corrected chi connectivity index (χ1v) is 10.5. The molecule has 2 atom stereocenters. The first-order chi connectivity index (χ1) is 14.5. The molecule has 1 unspecified atom stereocenters. The standard InChI is InChI=1S/C24H26F2N2O2/c1-2-21(24(29)30)28-22-9-7-16(25)13-18(22)19-14-17(8-10-23(19)28)27-12-11-15-5-3-4-6-20(15)26/h3-7,9,13,17,21,27H,2,8,10-12,14H2,1H3,(H,29,30)/t17-,21?/m0/s1. The molecule has 0 saturated heterocycles. The summed E-state index contributed by atoms with van der Waals surface area (Å²) in [7, 11) is 0. The van der Waals surface area contributed by atoms with E-state index >= 15 is 0 Å². The molecule has 1 aliphatic rings. The van der Waals surface area contributed by atoms with E-state index in [1.165, 1.54) is 18.2 Å². The average Bonchev–Trinajstić information content (AvgIpc) is 3.03. The number of halogens is 2. The summed E-state index contributed by atoms with van der Waals surface area (Å²) >= 11 is 0. The Bertz CT molecular complexity index is 1080. The molecule has 6 heteroatoms. The molecular weight excluding hydrogens is 386 g/mol. The normalized spacial score (nSPS) is 17.1. The van der Waals surface area contributed by atoms with Gasteiger partial charge in [-0.15, -0.1) is 0 Å². The summed E-state index contributed by atoms with van der Waals surface area (Å²) in [5.41, 5.74) is 3.49. The molecule has 3 aromatic rings. The van der Waals surface area contributed by atoms with E-state index in [9.17, 15) is 18.7 Å². The van der Waals surface area contributed by atoms with Gasteiger partial charge in [0.15, 0.2) is 0 Å². The van der Waals surface area contributed by atoms with Crippen LogP contribution < -0.4 is 5.32 Å². The number of benzene rings is 2. The fourth-order valence-corrected chi connectivity index (χ4v) is 4.67. The van der Waals surface area contributed by atoms with Gasteiger partial charge >= 0.3 is 5.97 Å².